The van der Waals surface area contributed by atoms with Gasteiger partial charge in [-0.1, -0.05) is 60.7 Å². The number of hydrogen-bond donors (Lipinski definition) is 1. The minimum Gasteiger partial charge on any atom is -0.488 e. The van der Waals surface area contributed by atoms with Gasteiger partial charge in [-0.3, -0.25) is 14.9 Å². The number of nitrogens with zero attached hydrogens (tertiary/aromatic N) is 1. The lowest BCUT2D eigenvalue weighted by molar-refractivity contribution is -0.122. The number of aryl methyl sites for hydroxylation is 2. The van der Waals surface area contributed by atoms with Gasteiger partial charge in [0.1, 0.15) is 17.9 Å². The van der Waals surface area contributed by atoms with Crippen molar-refractivity contribution in [3.8, 4) is 5.75 Å². The van der Waals surface area contributed by atoms with Crippen molar-refractivity contribution in [3.63, 3.8) is 0 Å². The van der Waals surface area contributed by atoms with E-state index in [0.717, 1.165) is 32.4 Å². The maximum Gasteiger partial charge on any atom is 0.335 e. The van der Waals surface area contributed by atoms with Gasteiger partial charge in [0.25, 0.3) is 11.8 Å². The Kier molecular flexibility index (Phi) is 6.09. The van der Waals surface area contributed by atoms with Crippen molar-refractivity contribution in [2.24, 2.45) is 0 Å². The number of ether oxygens (including phenoxy) is 1. The number of barbiturate groups is 1. The van der Waals surface area contributed by atoms with Crippen LogP contribution in [0.4, 0.5) is 10.5 Å². The molecule has 5 rings (SSSR count). The van der Waals surface area contributed by atoms with Gasteiger partial charge >= 0.3 is 6.03 Å². The molecule has 1 heterocycles. The van der Waals surface area contributed by atoms with E-state index in [9.17, 15) is 14.4 Å². The molecule has 0 aromatic heterocycles. The molecule has 0 radical (unpaired) electrons. The highest BCUT2D eigenvalue weighted by Crippen LogP contribution is 2.27. The molecule has 1 saturated heterocycles. The summed E-state index contributed by atoms with van der Waals surface area (Å²) in [5.41, 5.74) is 3.78. The van der Waals surface area contributed by atoms with Crippen molar-refractivity contribution in [1.82, 2.24) is 5.32 Å². The third kappa shape index (κ3) is 4.49. The molecular weight excluding hydrogens is 452 g/mol. The van der Waals surface area contributed by atoms with Crippen molar-refractivity contribution in [2.45, 2.75) is 20.5 Å². The number of anilines is 1. The van der Waals surface area contributed by atoms with Gasteiger partial charge in [-0.15, -0.1) is 0 Å². The van der Waals surface area contributed by atoms with E-state index in [1.165, 1.54) is 6.08 Å². The Morgan fingerprint density at radius 3 is 2.36 bits per heavy atom. The summed E-state index contributed by atoms with van der Waals surface area (Å²) in [4.78, 5) is 39.5. The predicted octanol–water partition coefficient (Wildman–Crippen LogP) is 5.70. The van der Waals surface area contributed by atoms with Crippen LogP contribution < -0.4 is 15.0 Å². The third-order valence-corrected chi connectivity index (χ3v) is 6.28. The van der Waals surface area contributed by atoms with E-state index < -0.39 is 17.8 Å². The van der Waals surface area contributed by atoms with E-state index >= 15 is 0 Å². The zero-order valence-corrected chi connectivity index (χ0v) is 19.9. The Bertz CT molecular complexity index is 1550. The van der Waals surface area contributed by atoms with Crippen molar-refractivity contribution in [3.05, 3.63) is 113 Å². The van der Waals surface area contributed by atoms with Crippen LogP contribution in [-0.2, 0) is 16.2 Å². The summed E-state index contributed by atoms with van der Waals surface area (Å²) in [5.74, 6) is -0.904. The second-order valence-electron chi connectivity index (χ2n) is 8.73. The Morgan fingerprint density at radius 1 is 0.806 bits per heavy atom. The van der Waals surface area contributed by atoms with Crippen LogP contribution in [0.3, 0.4) is 0 Å². The molecular formula is C30H24N2O4. The lowest BCUT2D eigenvalue weighted by Crippen LogP contribution is -2.54. The summed E-state index contributed by atoms with van der Waals surface area (Å²) in [6, 6.07) is 25.9. The zero-order valence-electron chi connectivity index (χ0n) is 19.9. The molecule has 0 saturated carbocycles. The maximum atomic E-state index is 13.3. The first-order valence-corrected chi connectivity index (χ1v) is 11.6. The van der Waals surface area contributed by atoms with Gasteiger partial charge in [0.15, 0.2) is 0 Å². The molecule has 0 atom stereocenters. The number of carbonyl (C=O) groups is 3. The van der Waals surface area contributed by atoms with E-state index in [2.05, 4.69) is 17.4 Å². The molecule has 0 aliphatic carbocycles. The van der Waals surface area contributed by atoms with Gasteiger partial charge in [-0.25, -0.2) is 9.69 Å². The Morgan fingerprint density at radius 2 is 1.56 bits per heavy atom. The molecule has 1 aliphatic rings. The smallest absolute Gasteiger partial charge is 0.335 e. The molecule has 1 aliphatic heterocycles. The highest BCUT2D eigenvalue weighted by atomic mass is 16.5. The number of benzene rings is 4. The molecule has 1 fully saturated rings. The fourth-order valence-electron chi connectivity index (χ4n) is 4.13. The van der Waals surface area contributed by atoms with Crippen LogP contribution in [0, 0.1) is 13.8 Å². The van der Waals surface area contributed by atoms with Crippen molar-refractivity contribution < 1.29 is 19.1 Å². The van der Waals surface area contributed by atoms with E-state index in [0.29, 0.717) is 23.6 Å². The van der Waals surface area contributed by atoms with Gasteiger partial charge in [0, 0.05) is 5.56 Å². The normalized spacial score (nSPS) is 14.9. The first kappa shape index (κ1) is 23.1. The topological polar surface area (TPSA) is 75.7 Å². The second-order valence-corrected chi connectivity index (χ2v) is 8.73. The molecule has 6 nitrogen and oxygen atoms in total. The SMILES string of the molecule is Cc1ccc(N2C(=O)NC(=O)/C(=C\c3ccccc3OCc3ccc4ccccc4c3)C2=O)cc1C. The largest absolute Gasteiger partial charge is 0.488 e. The van der Waals surface area contributed by atoms with Gasteiger partial charge < -0.3 is 4.74 Å². The summed E-state index contributed by atoms with van der Waals surface area (Å²) in [6.45, 7) is 4.16. The monoisotopic (exact) mass is 476 g/mol. The van der Waals surface area contributed by atoms with Gasteiger partial charge in [-0.2, -0.15) is 0 Å². The third-order valence-electron chi connectivity index (χ3n) is 6.28. The van der Waals surface area contributed by atoms with E-state index in [-0.39, 0.29) is 5.57 Å². The second kappa shape index (κ2) is 9.50. The molecule has 36 heavy (non-hydrogen) atoms. The molecule has 0 spiro atoms. The number of para-hydroxylation sites is 1. The Balaban J connectivity index is 1.43. The summed E-state index contributed by atoms with van der Waals surface area (Å²) in [5, 5.41) is 4.54. The number of urea groups is 1. The highest BCUT2D eigenvalue weighted by molar-refractivity contribution is 6.39. The number of rotatable bonds is 5. The number of hydrogen-bond acceptors (Lipinski definition) is 4. The van der Waals surface area contributed by atoms with Crippen molar-refractivity contribution in [1.29, 1.82) is 0 Å². The van der Waals surface area contributed by atoms with E-state index in [4.69, 9.17) is 4.74 Å². The summed E-state index contributed by atoms with van der Waals surface area (Å²) in [6.07, 6.45) is 1.47. The average molecular weight is 477 g/mol. The molecule has 4 amide bonds. The quantitative estimate of drug-likeness (QED) is 0.296. The van der Waals surface area contributed by atoms with Crippen molar-refractivity contribution in [2.75, 3.05) is 4.90 Å². The summed E-state index contributed by atoms with van der Waals surface area (Å²) >= 11 is 0. The molecule has 4 aromatic rings. The average Bonchev–Trinajstić information content (AvgIpc) is 2.87. The lowest BCUT2D eigenvalue weighted by atomic mass is 10.0. The number of imide groups is 2. The van der Waals surface area contributed by atoms with E-state index in [1.54, 1.807) is 30.3 Å². The molecule has 0 unspecified atom stereocenters. The first-order valence-electron chi connectivity index (χ1n) is 11.6. The number of fused-ring (bicyclic) bond motifs is 1. The summed E-state index contributed by atoms with van der Waals surface area (Å²) < 4.78 is 6.08. The molecule has 1 N–H and O–H groups in total. The highest BCUT2D eigenvalue weighted by Gasteiger charge is 2.37. The standard InChI is InChI=1S/C30H24N2O4/c1-19-11-14-25(15-20(19)2)32-29(34)26(28(33)31-30(32)35)17-24-9-5-6-10-27(24)36-18-21-12-13-22-7-3-4-8-23(22)16-21/h3-17H,18H2,1-2H3,(H,31,33,35)/b26-17+. The van der Waals surface area contributed by atoms with Crippen LogP contribution in [-0.4, -0.2) is 17.8 Å². The lowest BCUT2D eigenvalue weighted by Gasteiger charge is -2.27. The fourth-order valence-corrected chi connectivity index (χ4v) is 4.13. The molecule has 6 heteroatoms. The minimum atomic E-state index is -0.772. The predicted molar refractivity (Wildman–Crippen MR) is 140 cm³/mol. The maximum absolute atomic E-state index is 13.3. The van der Waals surface area contributed by atoms with Gasteiger partial charge in [0.2, 0.25) is 0 Å². The fraction of sp³-hybridized carbons (Fsp3) is 0.100. The van der Waals surface area contributed by atoms with Gasteiger partial charge in [-0.05, 0) is 71.7 Å². The Hall–Kier alpha value is -4.71. The first-order chi connectivity index (χ1) is 17.4. The minimum absolute atomic E-state index is 0.144. The number of carbonyl (C=O) groups excluding carboxylic acids is 3. The molecule has 0 bridgehead atoms. The van der Waals surface area contributed by atoms with E-state index in [1.807, 2.05) is 56.3 Å². The van der Waals surface area contributed by atoms with Crippen molar-refractivity contribution >= 4 is 40.4 Å². The zero-order chi connectivity index (χ0) is 25.2. The number of amides is 4. The molecule has 178 valence electrons. The van der Waals surface area contributed by atoms with Crippen LogP contribution >= 0.6 is 0 Å². The molecule has 4 aromatic carbocycles. The van der Waals surface area contributed by atoms with Crippen LogP contribution in [0.15, 0.2) is 90.5 Å². The summed E-state index contributed by atoms with van der Waals surface area (Å²) in [7, 11) is 0. The van der Waals surface area contributed by atoms with Gasteiger partial charge in [0.05, 0.1) is 5.69 Å². The Labute approximate surface area is 208 Å². The number of nitrogens with one attached hydrogen (secondary N) is 1. The van der Waals surface area contributed by atoms with Crippen LogP contribution in [0.1, 0.15) is 22.3 Å². The van der Waals surface area contributed by atoms with Crippen LogP contribution in [0.5, 0.6) is 5.75 Å². The van der Waals surface area contributed by atoms with Crippen LogP contribution in [0.25, 0.3) is 16.8 Å². The van der Waals surface area contributed by atoms with Crippen LogP contribution in [0.2, 0.25) is 0 Å².